The van der Waals surface area contributed by atoms with E-state index in [0.717, 1.165) is 29.6 Å². The molecular weight excluding hydrogens is 308 g/mol. The van der Waals surface area contributed by atoms with Crippen molar-refractivity contribution in [2.24, 2.45) is 0 Å². The summed E-state index contributed by atoms with van der Waals surface area (Å²) in [5, 5.41) is 4.25. The van der Waals surface area contributed by atoms with E-state index in [-0.39, 0.29) is 18.5 Å². The second-order valence-corrected chi connectivity index (χ2v) is 5.24. The number of fused-ring (bicyclic) bond motifs is 1. The van der Waals surface area contributed by atoms with Crippen molar-refractivity contribution < 1.29 is 4.74 Å². The van der Waals surface area contributed by atoms with Crippen LogP contribution in [-0.2, 0) is 0 Å². The SMILES string of the molecule is CNCC[C@@H](Oc1cccc2ncccc12)c1ccccc1.Cl. The highest BCUT2D eigenvalue weighted by Crippen LogP contribution is 2.30. The molecule has 0 radical (unpaired) electrons. The van der Waals surface area contributed by atoms with Gasteiger partial charge in [0.05, 0.1) is 5.52 Å². The van der Waals surface area contributed by atoms with Crippen molar-refractivity contribution in [2.75, 3.05) is 13.6 Å². The van der Waals surface area contributed by atoms with Crippen LogP contribution < -0.4 is 10.1 Å². The average molecular weight is 329 g/mol. The zero-order chi connectivity index (χ0) is 15.2. The molecule has 4 heteroatoms. The molecule has 0 fully saturated rings. The maximum Gasteiger partial charge on any atom is 0.129 e. The Kier molecular flexibility index (Phi) is 6.39. The van der Waals surface area contributed by atoms with E-state index in [4.69, 9.17) is 4.74 Å². The number of nitrogens with zero attached hydrogens (tertiary/aromatic N) is 1. The van der Waals surface area contributed by atoms with Crippen LogP contribution in [0, 0.1) is 0 Å². The molecule has 1 N–H and O–H groups in total. The molecule has 3 aromatic rings. The van der Waals surface area contributed by atoms with E-state index in [9.17, 15) is 0 Å². The van der Waals surface area contributed by atoms with Crippen molar-refractivity contribution in [2.45, 2.75) is 12.5 Å². The normalized spacial score (nSPS) is 11.7. The van der Waals surface area contributed by atoms with E-state index in [0.29, 0.717) is 0 Å². The molecule has 1 atom stereocenters. The minimum absolute atomic E-state index is 0. The summed E-state index contributed by atoms with van der Waals surface area (Å²) in [7, 11) is 1.96. The maximum atomic E-state index is 6.34. The van der Waals surface area contributed by atoms with Crippen LogP contribution in [0.25, 0.3) is 10.9 Å². The Labute approximate surface area is 143 Å². The largest absolute Gasteiger partial charge is 0.485 e. The third-order valence-corrected chi connectivity index (χ3v) is 3.70. The number of hydrogen-bond donors (Lipinski definition) is 1. The van der Waals surface area contributed by atoms with Crippen LogP contribution in [-0.4, -0.2) is 18.6 Å². The van der Waals surface area contributed by atoms with E-state index >= 15 is 0 Å². The first-order valence-corrected chi connectivity index (χ1v) is 7.58. The molecule has 0 amide bonds. The van der Waals surface area contributed by atoms with E-state index in [1.165, 1.54) is 5.56 Å². The van der Waals surface area contributed by atoms with Gasteiger partial charge in [-0.25, -0.2) is 0 Å². The Morgan fingerprint density at radius 1 is 1.00 bits per heavy atom. The molecule has 0 unspecified atom stereocenters. The fraction of sp³-hybridized carbons (Fsp3) is 0.211. The van der Waals surface area contributed by atoms with Gasteiger partial charge in [-0.15, -0.1) is 12.4 Å². The molecule has 23 heavy (non-hydrogen) atoms. The Morgan fingerprint density at radius 2 is 1.83 bits per heavy atom. The molecule has 0 saturated heterocycles. The lowest BCUT2D eigenvalue weighted by Crippen LogP contribution is -2.16. The first kappa shape index (κ1) is 17.3. The second-order valence-electron chi connectivity index (χ2n) is 5.24. The van der Waals surface area contributed by atoms with Gasteiger partial charge in [-0.1, -0.05) is 36.4 Å². The molecule has 2 aromatic carbocycles. The van der Waals surface area contributed by atoms with E-state index in [1.54, 1.807) is 0 Å². The van der Waals surface area contributed by atoms with Gasteiger partial charge in [0.25, 0.3) is 0 Å². The van der Waals surface area contributed by atoms with Gasteiger partial charge in [0.1, 0.15) is 11.9 Å². The lowest BCUT2D eigenvalue weighted by molar-refractivity contribution is 0.197. The summed E-state index contributed by atoms with van der Waals surface area (Å²) < 4.78 is 6.34. The quantitative estimate of drug-likeness (QED) is 0.729. The minimum atomic E-state index is 0. The van der Waals surface area contributed by atoms with Gasteiger partial charge in [0.2, 0.25) is 0 Å². The summed E-state index contributed by atoms with van der Waals surface area (Å²) >= 11 is 0. The fourth-order valence-corrected chi connectivity index (χ4v) is 2.57. The van der Waals surface area contributed by atoms with Crippen LogP contribution in [0.3, 0.4) is 0 Å². The van der Waals surface area contributed by atoms with E-state index in [1.807, 2.05) is 43.6 Å². The van der Waals surface area contributed by atoms with Crippen molar-refractivity contribution in [3.05, 3.63) is 72.4 Å². The molecule has 0 aliphatic carbocycles. The third-order valence-electron chi connectivity index (χ3n) is 3.70. The third kappa shape index (κ3) is 4.21. The van der Waals surface area contributed by atoms with Gasteiger partial charge in [0, 0.05) is 18.0 Å². The lowest BCUT2D eigenvalue weighted by Gasteiger charge is -2.20. The first-order valence-electron chi connectivity index (χ1n) is 7.58. The van der Waals surface area contributed by atoms with Crippen LogP contribution in [0.4, 0.5) is 0 Å². The monoisotopic (exact) mass is 328 g/mol. The smallest absolute Gasteiger partial charge is 0.129 e. The molecular formula is C19H21ClN2O. The van der Waals surface area contributed by atoms with Crippen molar-refractivity contribution in [3.8, 4) is 5.75 Å². The number of aromatic nitrogens is 1. The fourth-order valence-electron chi connectivity index (χ4n) is 2.57. The Bertz CT molecular complexity index is 728. The number of hydrogen-bond acceptors (Lipinski definition) is 3. The minimum Gasteiger partial charge on any atom is -0.485 e. The highest BCUT2D eigenvalue weighted by Gasteiger charge is 2.14. The summed E-state index contributed by atoms with van der Waals surface area (Å²) in [6, 6.07) is 20.4. The molecule has 3 nitrogen and oxygen atoms in total. The van der Waals surface area contributed by atoms with Gasteiger partial charge in [-0.3, -0.25) is 4.98 Å². The van der Waals surface area contributed by atoms with Gasteiger partial charge < -0.3 is 10.1 Å². The number of pyridine rings is 1. The predicted molar refractivity (Wildman–Crippen MR) is 97.3 cm³/mol. The zero-order valence-corrected chi connectivity index (χ0v) is 13.9. The molecule has 0 aliphatic heterocycles. The van der Waals surface area contributed by atoms with Crippen molar-refractivity contribution in [1.82, 2.24) is 10.3 Å². The molecule has 0 bridgehead atoms. The Morgan fingerprint density at radius 3 is 2.61 bits per heavy atom. The van der Waals surface area contributed by atoms with Gasteiger partial charge in [-0.2, -0.15) is 0 Å². The molecule has 120 valence electrons. The van der Waals surface area contributed by atoms with Crippen LogP contribution in [0.2, 0.25) is 0 Å². The van der Waals surface area contributed by atoms with Crippen molar-refractivity contribution >= 4 is 23.3 Å². The van der Waals surface area contributed by atoms with Gasteiger partial charge in [-0.05, 0) is 43.4 Å². The lowest BCUT2D eigenvalue weighted by atomic mass is 10.1. The Hall–Kier alpha value is -2.10. The molecule has 3 rings (SSSR count). The number of nitrogens with one attached hydrogen (secondary N) is 1. The van der Waals surface area contributed by atoms with Crippen LogP contribution in [0.5, 0.6) is 5.75 Å². The topological polar surface area (TPSA) is 34.1 Å². The van der Waals surface area contributed by atoms with E-state index in [2.05, 4.69) is 40.6 Å². The van der Waals surface area contributed by atoms with Crippen molar-refractivity contribution in [1.29, 1.82) is 0 Å². The molecule has 1 aromatic heterocycles. The molecule has 1 heterocycles. The zero-order valence-electron chi connectivity index (χ0n) is 13.1. The molecule has 0 aliphatic rings. The second kappa shape index (κ2) is 8.51. The number of halogens is 1. The number of ether oxygens (including phenoxy) is 1. The number of rotatable bonds is 6. The highest BCUT2D eigenvalue weighted by atomic mass is 35.5. The van der Waals surface area contributed by atoms with Crippen LogP contribution in [0.15, 0.2) is 66.9 Å². The summed E-state index contributed by atoms with van der Waals surface area (Å²) in [6.07, 6.45) is 2.75. The van der Waals surface area contributed by atoms with Gasteiger partial charge >= 0.3 is 0 Å². The summed E-state index contributed by atoms with van der Waals surface area (Å²) in [6.45, 7) is 0.905. The standard InChI is InChI=1S/C19H20N2O.ClH/c1-20-14-12-18(15-7-3-2-4-8-15)22-19-11-5-10-17-16(19)9-6-13-21-17;/h2-11,13,18,20H,12,14H2,1H3;1H/t18-;/m1./s1. The van der Waals surface area contributed by atoms with Crippen LogP contribution >= 0.6 is 12.4 Å². The highest BCUT2D eigenvalue weighted by molar-refractivity contribution is 5.85. The van der Waals surface area contributed by atoms with Gasteiger partial charge in [0.15, 0.2) is 0 Å². The first-order chi connectivity index (χ1) is 10.9. The number of benzene rings is 2. The molecule has 0 saturated carbocycles. The van der Waals surface area contributed by atoms with E-state index < -0.39 is 0 Å². The van der Waals surface area contributed by atoms with Crippen molar-refractivity contribution in [3.63, 3.8) is 0 Å². The average Bonchev–Trinajstić information content (AvgIpc) is 2.59. The molecule has 0 spiro atoms. The van der Waals surface area contributed by atoms with Crippen LogP contribution in [0.1, 0.15) is 18.1 Å². The predicted octanol–water partition coefficient (Wildman–Crippen LogP) is 4.39. The Balaban J connectivity index is 0.00000192. The summed E-state index contributed by atoms with van der Waals surface area (Å²) in [5.74, 6) is 0.885. The summed E-state index contributed by atoms with van der Waals surface area (Å²) in [4.78, 5) is 4.39. The summed E-state index contributed by atoms with van der Waals surface area (Å²) in [5.41, 5.74) is 2.15. The maximum absolute atomic E-state index is 6.34.